The number of para-hydroxylation sites is 1. The Morgan fingerprint density at radius 1 is 1.40 bits per heavy atom. The number of benzene rings is 1. The van der Waals surface area contributed by atoms with Crippen molar-refractivity contribution in [2.75, 3.05) is 26.8 Å². The molecule has 0 saturated carbocycles. The van der Waals surface area contributed by atoms with Crippen LogP contribution < -0.4 is 10.1 Å². The standard InChI is InChI=1S/C15H21NO3.ClH/c1-18-15(17)7-9-16-8-6-12-10-13-4-2-3-5-14(13)19-11-12;/h2-5,12,16H,6-11H2,1H3;1H/t12-;/m1./s1. The normalized spacial score (nSPS) is 16.6. The van der Waals surface area contributed by atoms with Crippen molar-refractivity contribution in [2.45, 2.75) is 19.3 Å². The number of hydrogen-bond acceptors (Lipinski definition) is 4. The lowest BCUT2D eigenvalue weighted by Gasteiger charge is -2.25. The van der Waals surface area contributed by atoms with Gasteiger partial charge in [0, 0.05) is 6.54 Å². The zero-order chi connectivity index (χ0) is 13.5. The highest BCUT2D eigenvalue weighted by atomic mass is 35.5. The van der Waals surface area contributed by atoms with Crippen molar-refractivity contribution in [1.29, 1.82) is 0 Å². The first-order chi connectivity index (χ1) is 9.29. The zero-order valence-electron chi connectivity index (χ0n) is 11.8. The maximum absolute atomic E-state index is 10.9. The maximum Gasteiger partial charge on any atom is 0.306 e. The van der Waals surface area contributed by atoms with Gasteiger partial charge in [-0.25, -0.2) is 0 Å². The number of nitrogens with one attached hydrogen (secondary N) is 1. The van der Waals surface area contributed by atoms with Crippen LogP contribution in [-0.2, 0) is 16.0 Å². The predicted octanol–water partition coefficient (Wildman–Crippen LogP) is 2.20. The Hall–Kier alpha value is -1.26. The van der Waals surface area contributed by atoms with Crippen LogP contribution in [0.25, 0.3) is 0 Å². The molecule has 0 fully saturated rings. The van der Waals surface area contributed by atoms with Crippen LogP contribution in [-0.4, -0.2) is 32.8 Å². The van der Waals surface area contributed by atoms with E-state index in [1.165, 1.54) is 12.7 Å². The summed E-state index contributed by atoms with van der Waals surface area (Å²) in [4.78, 5) is 10.9. The third-order valence-corrected chi connectivity index (χ3v) is 3.42. The van der Waals surface area contributed by atoms with E-state index in [-0.39, 0.29) is 18.4 Å². The average molecular weight is 300 g/mol. The SMILES string of the molecule is COC(=O)CCNCC[C@H]1COc2ccccc2C1.Cl. The Morgan fingerprint density at radius 2 is 2.20 bits per heavy atom. The van der Waals surface area contributed by atoms with Crippen LogP contribution in [0, 0.1) is 5.92 Å². The second-order valence-corrected chi connectivity index (χ2v) is 4.85. The second kappa shape index (κ2) is 8.82. The monoisotopic (exact) mass is 299 g/mol. The highest BCUT2D eigenvalue weighted by Crippen LogP contribution is 2.27. The molecule has 0 spiro atoms. The molecular formula is C15H22ClNO3. The summed E-state index contributed by atoms with van der Waals surface area (Å²) in [6.45, 7) is 2.37. The van der Waals surface area contributed by atoms with Gasteiger partial charge in [-0.2, -0.15) is 0 Å². The minimum absolute atomic E-state index is 0. The fourth-order valence-corrected chi connectivity index (χ4v) is 2.30. The third kappa shape index (κ3) is 5.02. The fourth-order valence-electron chi connectivity index (χ4n) is 2.30. The maximum atomic E-state index is 10.9. The molecule has 4 nitrogen and oxygen atoms in total. The number of carbonyl (C=O) groups is 1. The van der Waals surface area contributed by atoms with Crippen molar-refractivity contribution in [3.63, 3.8) is 0 Å². The van der Waals surface area contributed by atoms with Gasteiger partial charge >= 0.3 is 5.97 Å². The predicted molar refractivity (Wildman–Crippen MR) is 80.5 cm³/mol. The number of ether oxygens (including phenoxy) is 2. The summed E-state index contributed by atoms with van der Waals surface area (Å²) in [6.07, 6.45) is 2.57. The van der Waals surface area contributed by atoms with E-state index in [1.54, 1.807) is 0 Å². The van der Waals surface area contributed by atoms with Crippen LogP contribution in [0.2, 0.25) is 0 Å². The van der Waals surface area contributed by atoms with E-state index in [1.807, 2.05) is 12.1 Å². The Balaban J connectivity index is 0.00000200. The number of rotatable bonds is 6. The molecule has 0 aromatic heterocycles. The van der Waals surface area contributed by atoms with E-state index in [4.69, 9.17) is 4.74 Å². The molecule has 1 atom stereocenters. The number of esters is 1. The summed E-state index contributed by atoms with van der Waals surface area (Å²) in [5.41, 5.74) is 1.30. The first-order valence-corrected chi connectivity index (χ1v) is 6.78. The van der Waals surface area contributed by atoms with Gasteiger partial charge in [-0.1, -0.05) is 18.2 Å². The third-order valence-electron chi connectivity index (χ3n) is 3.42. The Labute approximate surface area is 126 Å². The average Bonchev–Trinajstić information content (AvgIpc) is 2.46. The molecule has 2 rings (SSSR count). The van der Waals surface area contributed by atoms with Gasteiger partial charge in [0.1, 0.15) is 5.75 Å². The zero-order valence-corrected chi connectivity index (χ0v) is 12.6. The molecule has 0 radical (unpaired) electrons. The summed E-state index contributed by atoms with van der Waals surface area (Å²) in [5.74, 6) is 1.42. The second-order valence-electron chi connectivity index (χ2n) is 4.85. The molecule has 20 heavy (non-hydrogen) atoms. The minimum Gasteiger partial charge on any atom is -0.493 e. The molecule has 0 saturated heterocycles. The minimum atomic E-state index is -0.164. The molecule has 0 amide bonds. The van der Waals surface area contributed by atoms with Crippen molar-refractivity contribution < 1.29 is 14.3 Å². The van der Waals surface area contributed by atoms with Gasteiger partial charge in [0.05, 0.1) is 20.1 Å². The molecule has 0 bridgehead atoms. The van der Waals surface area contributed by atoms with Gasteiger partial charge < -0.3 is 14.8 Å². The van der Waals surface area contributed by atoms with Gasteiger partial charge in [-0.15, -0.1) is 12.4 Å². The summed E-state index contributed by atoms with van der Waals surface area (Å²) in [6, 6.07) is 8.22. The molecule has 1 heterocycles. The number of halogens is 1. The first-order valence-electron chi connectivity index (χ1n) is 6.78. The van der Waals surface area contributed by atoms with Crippen LogP contribution in [0.3, 0.4) is 0 Å². The van der Waals surface area contributed by atoms with Crippen molar-refractivity contribution in [3.8, 4) is 5.75 Å². The molecular weight excluding hydrogens is 278 g/mol. The van der Waals surface area contributed by atoms with Gasteiger partial charge in [-0.05, 0) is 36.9 Å². The van der Waals surface area contributed by atoms with Crippen LogP contribution in [0.4, 0.5) is 0 Å². The number of hydrogen-bond donors (Lipinski definition) is 1. The molecule has 1 aromatic rings. The number of methoxy groups -OCH3 is 1. The van der Waals surface area contributed by atoms with Crippen molar-refractivity contribution >= 4 is 18.4 Å². The van der Waals surface area contributed by atoms with E-state index in [9.17, 15) is 4.79 Å². The van der Waals surface area contributed by atoms with Gasteiger partial charge in [-0.3, -0.25) is 4.79 Å². The Bertz CT molecular complexity index is 425. The molecule has 0 aliphatic carbocycles. The molecule has 112 valence electrons. The summed E-state index contributed by atoms with van der Waals surface area (Å²) < 4.78 is 10.3. The first kappa shape index (κ1) is 16.8. The van der Waals surface area contributed by atoms with Crippen molar-refractivity contribution in [1.82, 2.24) is 5.32 Å². The molecule has 1 aromatic carbocycles. The van der Waals surface area contributed by atoms with E-state index < -0.39 is 0 Å². The van der Waals surface area contributed by atoms with E-state index >= 15 is 0 Å². The molecule has 0 unspecified atom stereocenters. The summed E-state index contributed by atoms with van der Waals surface area (Å²) >= 11 is 0. The summed E-state index contributed by atoms with van der Waals surface area (Å²) in [7, 11) is 1.42. The number of carbonyl (C=O) groups excluding carboxylic acids is 1. The largest absolute Gasteiger partial charge is 0.493 e. The molecule has 1 N–H and O–H groups in total. The van der Waals surface area contributed by atoms with Crippen molar-refractivity contribution in [3.05, 3.63) is 29.8 Å². The highest BCUT2D eigenvalue weighted by molar-refractivity contribution is 5.85. The van der Waals surface area contributed by atoms with Crippen LogP contribution in [0.5, 0.6) is 5.75 Å². The van der Waals surface area contributed by atoms with E-state index in [0.29, 0.717) is 18.9 Å². The topological polar surface area (TPSA) is 47.6 Å². The quantitative estimate of drug-likeness (QED) is 0.646. The smallest absolute Gasteiger partial charge is 0.306 e. The van der Waals surface area contributed by atoms with Crippen LogP contribution in [0.1, 0.15) is 18.4 Å². The summed E-state index contributed by atoms with van der Waals surface area (Å²) in [5, 5.41) is 3.27. The van der Waals surface area contributed by atoms with Crippen LogP contribution in [0.15, 0.2) is 24.3 Å². The highest BCUT2D eigenvalue weighted by Gasteiger charge is 2.18. The molecule has 5 heteroatoms. The lowest BCUT2D eigenvalue weighted by Crippen LogP contribution is -2.27. The lowest BCUT2D eigenvalue weighted by atomic mass is 9.94. The Morgan fingerprint density at radius 3 is 3.00 bits per heavy atom. The van der Waals surface area contributed by atoms with E-state index in [2.05, 4.69) is 22.2 Å². The molecule has 1 aliphatic heterocycles. The van der Waals surface area contributed by atoms with Crippen molar-refractivity contribution in [2.24, 2.45) is 5.92 Å². The molecule has 1 aliphatic rings. The fraction of sp³-hybridized carbons (Fsp3) is 0.533. The van der Waals surface area contributed by atoms with Gasteiger partial charge in [0.2, 0.25) is 0 Å². The van der Waals surface area contributed by atoms with Gasteiger partial charge in [0.15, 0.2) is 0 Å². The van der Waals surface area contributed by atoms with Crippen LogP contribution >= 0.6 is 12.4 Å². The Kier molecular flexibility index (Phi) is 7.41. The lowest BCUT2D eigenvalue weighted by molar-refractivity contribution is -0.140. The van der Waals surface area contributed by atoms with E-state index in [0.717, 1.165) is 31.7 Å². The number of fused-ring (bicyclic) bond motifs is 1. The van der Waals surface area contributed by atoms with Gasteiger partial charge in [0.25, 0.3) is 0 Å².